The average Bonchev–Trinajstić information content (AvgIpc) is 3.40. The quantitative estimate of drug-likeness (QED) is 0.322. The van der Waals surface area contributed by atoms with Gasteiger partial charge in [-0.1, -0.05) is 17.7 Å². The molecule has 6 rings (SSSR count). The second kappa shape index (κ2) is 11.5. The van der Waals surface area contributed by atoms with Crippen LogP contribution >= 0.6 is 0 Å². The standard InChI is InChI=1S/C31H38N8O3/c1-31(2,3)42-30(41)39(18-22-8-6-9-22)25-10-7-14-36(20-25)24-13-12-23(32-17-24)19-37-21-27(34-35-37)26-16-29(40)38-15-5-4-11-28(38)33-26/h4-5,11-13,15-17,21-22,25H,6-10,14,18-20H2,1-3H3/t25-/m1/s1. The lowest BCUT2D eigenvalue weighted by molar-refractivity contribution is 0.00736. The molecule has 1 atom stereocenters. The molecule has 1 amide bonds. The van der Waals surface area contributed by atoms with Crippen LogP contribution in [0.3, 0.4) is 0 Å². The smallest absolute Gasteiger partial charge is 0.410 e. The van der Waals surface area contributed by atoms with E-state index in [4.69, 9.17) is 9.72 Å². The highest BCUT2D eigenvalue weighted by molar-refractivity contribution is 5.69. The maximum absolute atomic E-state index is 13.2. The fourth-order valence-electron chi connectivity index (χ4n) is 5.63. The lowest BCUT2D eigenvalue weighted by atomic mass is 9.84. The van der Waals surface area contributed by atoms with Gasteiger partial charge in [-0.3, -0.25) is 14.2 Å². The third-order valence-electron chi connectivity index (χ3n) is 8.02. The number of fused-ring (bicyclic) bond motifs is 1. The number of aromatic nitrogens is 6. The minimum Gasteiger partial charge on any atom is -0.444 e. The zero-order valence-electron chi connectivity index (χ0n) is 24.5. The zero-order valence-corrected chi connectivity index (χ0v) is 24.5. The third kappa shape index (κ3) is 6.29. The first kappa shape index (κ1) is 27.9. The van der Waals surface area contributed by atoms with Gasteiger partial charge < -0.3 is 14.5 Å². The second-order valence-electron chi connectivity index (χ2n) is 12.4. The largest absolute Gasteiger partial charge is 0.444 e. The lowest BCUT2D eigenvalue weighted by Gasteiger charge is -2.43. The van der Waals surface area contributed by atoms with Crippen LogP contribution in [0.2, 0.25) is 0 Å². The highest BCUT2D eigenvalue weighted by Crippen LogP contribution is 2.31. The molecule has 1 aliphatic heterocycles. The number of piperidine rings is 1. The van der Waals surface area contributed by atoms with Crippen molar-refractivity contribution in [2.75, 3.05) is 24.5 Å². The van der Waals surface area contributed by atoms with Crippen LogP contribution < -0.4 is 10.5 Å². The van der Waals surface area contributed by atoms with E-state index in [1.807, 2.05) is 44.0 Å². The average molecular weight is 571 g/mol. The number of anilines is 1. The van der Waals surface area contributed by atoms with E-state index >= 15 is 0 Å². The van der Waals surface area contributed by atoms with Crippen LogP contribution in [-0.4, -0.2) is 71.6 Å². The summed E-state index contributed by atoms with van der Waals surface area (Å²) in [6.45, 7) is 8.68. The van der Waals surface area contributed by atoms with E-state index in [0.29, 0.717) is 29.5 Å². The predicted molar refractivity (Wildman–Crippen MR) is 159 cm³/mol. The molecule has 1 saturated carbocycles. The van der Waals surface area contributed by atoms with Crippen molar-refractivity contribution < 1.29 is 9.53 Å². The molecule has 0 unspecified atom stereocenters. The number of ether oxygens (including phenoxy) is 1. The predicted octanol–water partition coefficient (Wildman–Crippen LogP) is 4.40. The first-order valence-corrected chi connectivity index (χ1v) is 14.8. The Kier molecular flexibility index (Phi) is 7.66. The molecule has 1 saturated heterocycles. The molecule has 0 radical (unpaired) electrons. The third-order valence-corrected chi connectivity index (χ3v) is 8.02. The number of nitrogens with zero attached hydrogens (tertiary/aromatic N) is 8. The molecule has 0 N–H and O–H groups in total. The zero-order chi connectivity index (χ0) is 29.3. The summed E-state index contributed by atoms with van der Waals surface area (Å²) in [7, 11) is 0. The topological polar surface area (TPSA) is 111 Å². The summed E-state index contributed by atoms with van der Waals surface area (Å²) in [5.41, 5.74) is 2.78. The molecule has 2 aliphatic rings. The summed E-state index contributed by atoms with van der Waals surface area (Å²) in [6.07, 6.45) is 10.8. The first-order chi connectivity index (χ1) is 20.2. The molecule has 42 heavy (non-hydrogen) atoms. The van der Waals surface area contributed by atoms with Gasteiger partial charge in [0.05, 0.1) is 36.4 Å². The second-order valence-corrected chi connectivity index (χ2v) is 12.4. The SMILES string of the molecule is CC(C)(C)OC(=O)N(CC1CCC1)[C@@H]1CCCN(c2ccc(Cn3cc(-c4cc(=O)n5ccccc5n4)nn3)nc2)C1. The van der Waals surface area contributed by atoms with Crippen LogP contribution in [0.1, 0.15) is 58.6 Å². The minimum atomic E-state index is -0.516. The van der Waals surface area contributed by atoms with E-state index in [-0.39, 0.29) is 17.7 Å². The van der Waals surface area contributed by atoms with Crippen LogP contribution in [0, 0.1) is 5.92 Å². The molecule has 220 valence electrons. The Morgan fingerprint density at radius 1 is 1.10 bits per heavy atom. The van der Waals surface area contributed by atoms with E-state index in [9.17, 15) is 9.59 Å². The maximum Gasteiger partial charge on any atom is 0.410 e. The van der Waals surface area contributed by atoms with Crippen molar-refractivity contribution in [2.45, 2.75) is 71.1 Å². The molecule has 4 aromatic rings. The Morgan fingerprint density at radius 3 is 2.69 bits per heavy atom. The van der Waals surface area contributed by atoms with Gasteiger partial charge in [0.25, 0.3) is 5.56 Å². The molecule has 5 heterocycles. The number of hydrogen-bond donors (Lipinski definition) is 0. The number of hydrogen-bond acceptors (Lipinski definition) is 8. The van der Waals surface area contributed by atoms with E-state index in [1.54, 1.807) is 29.2 Å². The molecular weight excluding hydrogens is 532 g/mol. The van der Waals surface area contributed by atoms with Gasteiger partial charge in [0.15, 0.2) is 0 Å². The molecule has 4 aromatic heterocycles. The van der Waals surface area contributed by atoms with Crippen molar-refractivity contribution in [3.05, 3.63) is 71.0 Å². The normalized spacial score (nSPS) is 17.7. The Bertz CT molecular complexity index is 1600. The molecule has 11 nitrogen and oxygen atoms in total. The molecule has 2 fully saturated rings. The summed E-state index contributed by atoms with van der Waals surface area (Å²) >= 11 is 0. The van der Waals surface area contributed by atoms with Gasteiger partial charge >= 0.3 is 6.09 Å². The fraction of sp³-hybridized carbons (Fsp3) is 0.484. The summed E-state index contributed by atoms with van der Waals surface area (Å²) < 4.78 is 9.00. The van der Waals surface area contributed by atoms with Crippen molar-refractivity contribution in [2.24, 2.45) is 5.92 Å². The monoisotopic (exact) mass is 570 g/mol. The maximum atomic E-state index is 13.2. The van der Waals surface area contributed by atoms with Crippen LogP contribution in [0.5, 0.6) is 0 Å². The number of pyridine rings is 2. The Hall–Kier alpha value is -4.28. The van der Waals surface area contributed by atoms with Crippen LogP contribution in [0.4, 0.5) is 10.5 Å². The lowest BCUT2D eigenvalue weighted by Crippen LogP contribution is -2.53. The van der Waals surface area contributed by atoms with Crippen molar-refractivity contribution in [3.8, 4) is 11.4 Å². The van der Waals surface area contributed by atoms with Gasteiger partial charge in [-0.2, -0.15) is 0 Å². The number of amides is 1. The Balaban J connectivity index is 1.12. The van der Waals surface area contributed by atoms with E-state index in [0.717, 1.165) is 43.9 Å². The Labute approximate surface area is 245 Å². The summed E-state index contributed by atoms with van der Waals surface area (Å²) in [5.74, 6) is 0.574. The van der Waals surface area contributed by atoms with Crippen molar-refractivity contribution in [1.82, 2.24) is 34.3 Å². The van der Waals surface area contributed by atoms with Gasteiger partial charge in [0.2, 0.25) is 0 Å². The molecule has 0 spiro atoms. The number of carbonyl (C=O) groups is 1. The molecule has 0 bridgehead atoms. The van der Waals surface area contributed by atoms with Crippen molar-refractivity contribution in [3.63, 3.8) is 0 Å². The number of carbonyl (C=O) groups excluding carboxylic acids is 1. The van der Waals surface area contributed by atoms with Gasteiger partial charge in [-0.15, -0.1) is 5.10 Å². The van der Waals surface area contributed by atoms with E-state index in [2.05, 4.69) is 26.3 Å². The first-order valence-electron chi connectivity index (χ1n) is 14.8. The molecule has 0 aromatic carbocycles. The van der Waals surface area contributed by atoms with Crippen molar-refractivity contribution >= 4 is 17.4 Å². The molecule has 11 heteroatoms. The van der Waals surface area contributed by atoms with Crippen LogP contribution in [0.15, 0.2) is 59.8 Å². The summed E-state index contributed by atoms with van der Waals surface area (Å²) in [4.78, 5) is 39.2. The van der Waals surface area contributed by atoms with Crippen LogP contribution in [-0.2, 0) is 11.3 Å². The van der Waals surface area contributed by atoms with Gasteiger partial charge in [-0.05, 0) is 76.6 Å². The minimum absolute atomic E-state index is 0.110. The summed E-state index contributed by atoms with van der Waals surface area (Å²) in [6, 6.07) is 11.1. The highest BCUT2D eigenvalue weighted by atomic mass is 16.6. The molecule has 1 aliphatic carbocycles. The van der Waals surface area contributed by atoms with Crippen molar-refractivity contribution in [1.29, 1.82) is 0 Å². The fourth-order valence-corrected chi connectivity index (χ4v) is 5.63. The van der Waals surface area contributed by atoms with Crippen LogP contribution in [0.25, 0.3) is 17.0 Å². The van der Waals surface area contributed by atoms with Gasteiger partial charge in [0, 0.05) is 31.9 Å². The van der Waals surface area contributed by atoms with Gasteiger partial charge in [-0.25, -0.2) is 14.5 Å². The highest BCUT2D eigenvalue weighted by Gasteiger charge is 2.34. The molecular formula is C31H38N8O3. The van der Waals surface area contributed by atoms with Gasteiger partial charge in [0.1, 0.15) is 22.6 Å². The van der Waals surface area contributed by atoms with E-state index < -0.39 is 5.60 Å². The summed E-state index contributed by atoms with van der Waals surface area (Å²) in [5, 5.41) is 8.47. The van der Waals surface area contributed by atoms with E-state index in [1.165, 1.54) is 29.7 Å². The number of rotatable bonds is 7. The Morgan fingerprint density at radius 2 is 1.95 bits per heavy atom.